The van der Waals surface area contributed by atoms with Gasteiger partial charge in [-0.2, -0.15) is 0 Å². The first-order valence-corrected chi connectivity index (χ1v) is 8.36. The molecule has 0 radical (unpaired) electrons. The van der Waals surface area contributed by atoms with Crippen LogP contribution in [0, 0.1) is 23.7 Å². The molecule has 1 amide bonds. The second-order valence-electron chi connectivity index (χ2n) is 7.81. The molecule has 2 nitrogen and oxygen atoms in total. The summed E-state index contributed by atoms with van der Waals surface area (Å²) in [5.41, 5.74) is 0. The van der Waals surface area contributed by atoms with Crippen LogP contribution in [-0.4, -0.2) is 22.9 Å². The van der Waals surface area contributed by atoms with E-state index in [1.165, 1.54) is 0 Å². The minimum Gasteiger partial charge on any atom is -0.336 e. The molecule has 0 aliphatic rings. The smallest absolute Gasteiger partial charge is 0.219 e. The van der Waals surface area contributed by atoms with Gasteiger partial charge in [0.2, 0.25) is 5.91 Å². The molecule has 0 spiro atoms. The Morgan fingerprint density at radius 1 is 0.750 bits per heavy atom. The van der Waals surface area contributed by atoms with Crippen molar-refractivity contribution < 1.29 is 4.79 Å². The molecule has 0 aliphatic carbocycles. The molecule has 120 valence electrons. The fourth-order valence-corrected chi connectivity index (χ4v) is 3.09. The Morgan fingerprint density at radius 3 is 1.20 bits per heavy atom. The number of amides is 1. The van der Waals surface area contributed by atoms with Crippen molar-refractivity contribution in [2.45, 2.75) is 87.2 Å². The zero-order valence-electron chi connectivity index (χ0n) is 15.2. The largest absolute Gasteiger partial charge is 0.336 e. The normalized spacial score (nSPS) is 15.2. The number of nitrogens with zero attached hydrogens (tertiary/aromatic N) is 1. The lowest BCUT2D eigenvalue weighted by molar-refractivity contribution is -0.137. The quantitative estimate of drug-likeness (QED) is 0.615. The molecule has 0 N–H and O–H groups in total. The average molecular weight is 284 g/mol. The molecule has 0 aromatic heterocycles. The Kier molecular flexibility index (Phi) is 8.46. The SMILES string of the molecule is CC(=O)N(C(CC(C)C)C(C)C)C(CC(C)C)C(C)C. The Bertz CT molecular complexity index is 259. The molecule has 20 heavy (non-hydrogen) atoms. The number of hydrogen-bond acceptors (Lipinski definition) is 1. The van der Waals surface area contributed by atoms with E-state index in [-0.39, 0.29) is 5.91 Å². The first kappa shape index (κ1) is 19.5. The number of carbonyl (C=O) groups is 1. The predicted octanol–water partition coefficient (Wildman–Crippen LogP) is 4.98. The lowest BCUT2D eigenvalue weighted by Crippen LogP contribution is -2.51. The molecule has 0 saturated carbocycles. The van der Waals surface area contributed by atoms with Crippen LogP contribution in [0.15, 0.2) is 0 Å². The molecule has 0 rings (SSSR count). The zero-order valence-corrected chi connectivity index (χ0v) is 15.2. The average Bonchev–Trinajstić information content (AvgIpc) is 2.24. The predicted molar refractivity (Wildman–Crippen MR) is 88.7 cm³/mol. The maximum Gasteiger partial charge on any atom is 0.219 e. The molecule has 0 aromatic rings. The Balaban J connectivity index is 5.37. The molecule has 2 heteroatoms. The third-order valence-corrected chi connectivity index (χ3v) is 4.04. The van der Waals surface area contributed by atoms with Gasteiger partial charge in [0, 0.05) is 19.0 Å². The van der Waals surface area contributed by atoms with E-state index in [9.17, 15) is 4.79 Å². The standard InChI is InChI=1S/C18H37NO/c1-12(2)10-17(14(5)6)19(16(9)20)18(15(7)8)11-13(3)4/h12-15,17-18H,10-11H2,1-9H3. The van der Waals surface area contributed by atoms with Crippen LogP contribution in [0.5, 0.6) is 0 Å². The molecule has 2 atom stereocenters. The highest BCUT2D eigenvalue weighted by atomic mass is 16.2. The summed E-state index contributed by atoms with van der Waals surface area (Å²) in [6, 6.07) is 0.720. The van der Waals surface area contributed by atoms with Crippen LogP contribution in [0.25, 0.3) is 0 Å². The lowest BCUT2D eigenvalue weighted by Gasteiger charge is -2.43. The summed E-state index contributed by atoms with van der Waals surface area (Å²) in [7, 11) is 0. The number of hydrogen-bond donors (Lipinski definition) is 0. The van der Waals surface area contributed by atoms with E-state index in [1.807, 2.05) is 0 Å². The van der Waals surface area contributed by atoms with Crippen molar-refractivity contribution >= 4 is 5.91 Å². The van der Waals surface area contributed by atoms with E-state index >= 15 is 0 Å². The molecule has 0 saturated heterocycles. The summed E-state index contributed by atoms with van der Waals surface area (Å²) >= 11 is 0. The van der Waals surface area contributed by atoms with Gasteiger partial charge in [0.25, 0.3) is 0 Å². The van der Waals surface area contributed by atoms with Crippen LogP contribution >= 0.6 is 0 Å². The van der Waals surface area contributed by atoms with Crippen molar-refractivity contribution in [2.75, 3.05) is 0 Å². The molecule has 0 aromatic carbocycles. The third kappa shape index (κ3) is 6.28. The van der Waals surface area contributed by atoms with Gasteiger partial charge in [-0.05, 0) is 36.5 Å². The number of carbonyl (C=O) groups excluding carboxylic acids is 1. The Labute approximate surface area is 127 Å². The van der Waals surface area contributed by atoms with Crippen LogP contribution in [0.4, 0.5) is 0 Å². The van der Waals surface area contributed by atoms with E-state index in [4.69, 9.17) is 0 Å². The van der Waals surface area contributed by atoms with E-state index in [0.29, 0.717) is 35.8 Å². The van der Waals surface area contributed by atoms with Gasteiger partial charge in [0.1, 0.15) is 0 Å². The fraction of sp³-hybridized carbons (Fsp3) is 0.944. The van der Waals surface area contributed by atoms with Gasteiger partial charge in [-0.3, -0.25) is 4.79 Å². The van der Waals surface area contributed by atoms with Crippen molar-refractivity contribution in [2.24, 2.45) is 23.7 Å². The van der Waals surface area contributed by atoms with Crippen LogP contribution < -0.4 is 0 Å². The topological polar surface area (TPSA) is 20.3 Å². The van der Waals surface area contributed by atoms with E-state index in [1.54, 1.807) is 6.92 Å². The van der Waals surface area contributed by atoms with Crippen LogP contribution in [0.2, 0.25) is 0 Å². The van der Waals surface area contributed by atoms with E-state index in [2.05, 4.69) is 60.3 Å². The highest BCUT2D eigenvalue weighted by Crippen LogP contribution is 2.28. The highest BCUT2D eigenvalue weighted by Gasteiger charge is 2.32. The van der Waals surface area contributed by atoms with Gasteiger partial charge in [-0.1, -0.05) is 55.4 Å². The van der Waals surface area contributed by atoms with Crippen LogP contribution in [0.3, 0.4) is 0 Å². The molecule has 0 heterocycles. The molecule has 0 bridgehead atoms. The number of rotatable bonds is 8. The first-order valence-electron chi connectivity index (χ1n) is 8.36. The van der Waals surface area contributed by atoms with Crippen molar-refractivity contribution in [3.05, 3.63) is 0 Å². The Hall–Kier alpha value is -0.530. The molecular weight excluding hydrogens is 246 g/mol. The fourth-order valence-electron chi connectivity index (χ4n) is 3.09. The minimum absolute atomic E-state index is 0.240. The summed E-state index contributed by atoms with van der Waals surface area (Å²) in [5.74, 6) is 2.50. The summed E-state index contributed by atoms with van der Waals surface area (Å²) in [5, 5.41) is 0. The molecule has 2 unspecified atom stereocenters. The van der Waals surface area contributed by atoms with Gasteiger partial charge in [-0.15, -0.1) is 0 Å². The maximum atomic E-state index is 12.3. The summed E-state index contributed by atoms with van der Waals surface area (Å²) in [6.07, 6.45) is 2.19. The van der Waals surface area contributed by atoms with Crippen molar-refractivity contribution in [1.82, 2.24) is 4.90 Å². The van der Waals surface area contributed by atoms with E-state index < -0.39 is 0 Å². The van der Waals surface area contributed by atoms with Crippen molar-refractivity contribution in [1.29, 1.82) is 0 Å². The molecule has 0 aliphatic heterocycles. The van der Waals surface area contributed by atoms with Crippen LogP contribution in [-0.2, 0) is 4.79 Å². The van der Waals surface area contributed by atoms with Crippen molar-refractivity contribution in [3.63, 3.8) is 0 Å². The Morgan fingerprint density at radius 2 is 1.05 bits per heavy atom. The van der Waals surface area contributed by atoms with Crippen molar-refractivity contribution in [3.8, 4) is 0 Å². The molecule has 0 fully saturated rings. The van der Waals surface area contributed by atoms with Gasteiger partial charge >= 0.3 is 0 Å². The highest BCUT2D eigenvalue weighted by molar-refractivity contribution is 5.74. The summed E-state index contributed by atoms with van der Waals surface area (Å²) < 4.78 is 0. The second-order valence-corrected chi connectivity index (χ2v) is 7.81. The van der Waals surface area contributed by atoms with Gasteiger partial charge in [-0.25, -0.2) is 0 Å². The van der Waals surface area contributed by atoms with Gasteiger partial charge in [0.15, 0.2) is 0 Å². The first-order chi connectivity index (χ1) is 9.07. The van der Waals surface area contributed by atoms with Gasteiger partial charge < -0.3 is 4.90 Å². The minimum atomic E-state index is 0.240. The second kappa shape index (κ2) is 8.69. The monoisotopic (exact) mass is 283 g/mol. The van der Waals surface area contributed by atoms with Crippen LogP contribution in [0.1, 0.15) is 75.2 Å². The molecular formula is C18H37NO. The maximum absolute atomic E-state index is 12.3. The summed E-state index contributed by atoms with van der Waals surface area (Å²) in [6.45, 7) is 19.7. The third-order valence-electron chi connectivity index (χ3n) is 4.04. The zero-order chi connectivity index (χ0) is 16.0. The lowest BCUT2D eigenvalue weighted by atomic mass is 9.87. The van der Waals surface area contributed by atoms with Gasteiger partial charge in [0.05, 0.1) is 0 Å². The summed E-state index contributed by atoms with van der Waals surface area (Å²) in [4.78, 5) is 14.5. The van der Waals surface area contributed by atoms with E-state index in [0.717, 1.165) is 12.8 Å².